The molecule has 1 aromatic heterocycles. The Balaban J connectivity index is 1.48. The molecule has 0 saturated carbocycles. The van der Waals surface area contributed by atoms with E-state index >= 15 is 0 Å². The van der Waals surface area contributed by atoms with Crippen molar-refractivity contribution in [2.45, 2.75) is 26.4 Å². The van der Waals surface area contributed by atoms with Gasteiger partial charge in [-0.3, -0.25) is 0 Å². The van der Waals surface area contributed by atoms with Crippen LogP contribution in [-0.4, -0.2) is 29.0 Å². The lowest BCUT2D eigenvalue weighted by atomic mass is 10.1. The van der Waals surface area contributed by atoms with Gasteiger partial charge in [-0.05, 0) is 5.56 Å². The third kappa shape index (κ3) is 3.59. The van der Waals surface area contributed by atoms with Crippen molar-refractivity contribution in [2.75, 3.05) is 18.0 Å². The molecule has 0 amide bonds. The summed E-state index contributed by atoms with van der Waals surface area (Å²) < 4.78 is 5.43. The number of rotatable bonds is 4. The van der Waals surface area contributed by atoms with Crippen LogP contribution in [0.3, 0.4) is 0 Å². The van der Waals surface area contributed by atoms with Crippen LogP contribution in [0.25, 0.3) is 0 Å². The molecule has 1 aliphatic rings. The number of aromatic nitrogens is 2. The first-order valence-corrected chi connectivity index (χ1v) is 7.08. The largest absolute Gasteiger partial charge is 0.408 e. The standard InChI is InChI=1S/C15H18N4O2/c1-12-16-17-15(21-12)19-9-7-14(8-10-19)18-20-11-13-5-3-2-4-6-13/h2-6H,7-11H2,1H3. The molecule has 1 saturated heterocycles. The van der Waals surface area contributed by atoms with Crippen LogP contribution in [0.2, 0.25) is 0 Å². The van der Waals surface area contributed by atoms with E-state index in [-0.39, 0.29) is 0 Å². The number of oxime groups is 1. The molecule has 1 aromatic carbocycles. The van der Waals surface area contributed by atoms with Gasteiger partial charge in [-0.25, -0.2) is 0 Å². The van der Waals surface area contributed by atoms with E-state index in [9.17, 15) is 0 Å². The van der Waals surface area contributed by atoms with Crippen LogP contribution in [0.15, 0.2) is 39.9 Å². The summed E-state index contributed by atoms with van der Waals surface area (Å²) in [5.41, 5.74) is 2.21. The second kappa shape index (κ2) is 6.39. The molecular weight excluding hydrogens is 268 g/mol. The fourth-order valence-electron chi connectivity index (χ4n) is 2.23. The molecule has 21 heavy (non-hydrogen) atoms. The van der Waals surface area contributed by atoms with Crippen molar-refractivity contribution in [3.8, 4) is 0 Å². The average molecular weight is 286 g/mol. The SMILES string of the molecule is Cc1nnc(N2CCC(=NOCc3ccccc3)CC2)o1. The highest BCUT2D eigenvalue weighted by molar-refractivity contribution is 5.85. The second-order valence-electron chi connectivity index (χ2n) is 5.01. The Labute approximate surface area is 123 Å². The number of anilines is 1. The number of piperidine rings is 1. The molecule has 0 aliphatic carbocycles. The third-order valence-electron chi connectivity index (χ3n) is 3.39. The predicted octanol–water partition coefficient (Wildman–Crippen LogP) is 2.55. The molecule has 0 radical (unpaired) electrons. The Bertz CT molecular complexity index is 599. The van der Waals surface area contributed by atoms with Gasteiger partial charge in [0.1, 0.15) is 6.61 Å². The monoisotopic (exact) mass is 286 g/mol. The molecule has 3 rings (SSSR count). The minimum absolute atomic E-state index is 0.511. The van der Waals surface area contributed by atoms with Crippen molar-refractivity contribution in [1.29, 1.82) is 0 Å². The lowest BCUT2D eigenvalue weighted by Gasteiger charge is -2.25. The molecule has 1 fully saturated rings. The van der Waals surface area contributed by atoms with Gasteiger partial charge in [0.15, 0.2) is 0 Å². The molecule has 0 unspecified atom stereocenters. The number of nitrogens with zero attached hydrogens (tertiary/aromatic N) is 4. The molecule has 0 bridgehead atoms. The highest BCUT2D eigenvalue weighted by Crippen LogP contribution is 2.17. The van der Waals surface area contributed by atoms with Gasteiger partial charge in [0.25, 0.3) is 0 Å². The zero-order valence-corrected chi connectivity index (χ0v) is 12.0. The van der Waals surface area contributed by atoms with Gasteiger partial charge in [0, 0.05) is 32.9 Å². The van der Waals surface area contributed by atoms with Crippen molar-refractivity contribution >= 4 is 11.7 Å². The van der Waals surface area contributed by atoms with Gasteiger partial charge in [0.2, 0.25) is 5.89 Å². The number of aryl methyl sites for hydroxylation is 1. The van der Waals surface area contributed by atoms with E-state index in [4.69, 9.17) is 9.25 Å². The Hall–Kier alpha value is -2.37. The van der Waals surface area contributed by atoms with E-state index in [1.165, 1.54) is 0 Å². The van der Waals surface area contributed by atoms with Crippen LogP contribution in [0.1, 0.15) is 24.3 Å². The molecule has 6 nitrogen and oxygen atoms in total. The fraction of sp³-hybridized carbons (Fsp3) is 0.400. The smallest absolute Gasteiger partial charge is 0.318 e. The van der Waals surface area contributed by atoms with Crippen LogP contribution >= 0.6 is 0 Å². The van der Waals surface area contributed by atoms with E-state index in [1.54, 1.807) is 6.92 Å². The summed E-state index contributed by atoms with van der Waals surface area (Å²) in [6.07, 6.45) is 1.71. The first-order chi connectivity index (χ1) is 10.3. The normalized spacial score (nSPS) is 15.1. The third-order valence-corrected chi connectivity index (χ3v) is 3.39. The summed E-state index contributed by atoms with van der Waals surface area (Å²) in [6, 6.07) is 10.6. The summed E-state index contributed by atoms with van der Waals surface area (Å²) in [4.78, 5) is 7.50. The maximum Gasteiger partial charge on any atom is 0.318 e. The minimum Gasteiger partial charge on any atom is -0.408 e. The average Bonchev–Trinajstić information content (AvgIpc) is 2.96. The molecule has 0 N–H and O–H groups in total. The Kier molecular flexibility index (Phi) is 4.14. The zero-order valence-electron chi connectivity index (χ0n) is 12.0. The predicted molar refractivity (Wildman–Crippen MR) is 79.1 cm³/mol. The molecule has 2 aromatic rings. The molecule has 0 atom stereocenters. The highest BCUT2D eigenvalue weighted by Gasteiger charge is 2.19. The molecule has 2 heterocycles. The summed E-state index contributed by atoms with van der Waals surface area (Å²) >= 11 is 0. The van der Waals surface area contributed by atoms with Crippen LogP contribution < -0.4 is 4.90 Å². The van der Waals surface area contributed by atoms with Gasteiger partial charge in [0.05, 0.1) is 5.71 Å². The molecule has 1 aliphatic heterocycles. The summed E-state index contributed by atoms with van der Waals surface area (Å²) in [7, 11) is 0. The van der Waals surface area contributed by atoms with Crippen molar-refractivity contribution in [2.24, 2.45) is 5.16 Å². The van der Waals surface area contributed by atoms with Crippen LogP contribution in [0.4, 0.5) is 6.01 Å². The van der Waals surface area contributed by atoms with Crippen LogP contribution in [0, 0.1) is 6.92 Å². The van der Waals surface area contributed by atoms with E-state index < -0.39 is 0 Å². The van der Waals surface area contributed by atoms with Crippen molar-refractivity contribution in [3.05, 3.63) is 41.8 Å². The quantitative estimate of drug-likeness (QED) is 0.808. The van der Waals surface area contributed by atoms with Gasteiger partial charge in [-0.2, -0.15) is 0 Å². The maximum absolute atomic E-state index is 5.43. The second-order valence-corrected chi connectivity index (χ2v) is 5.01. The van der Waals surface area contributed by atoms with Gasteiger partial charge < -0.3 is 14.2 Å². The molecule has 110 valence electrons. The van der Waals surface area contributed by atoms with Crippen molar-refractivity contribution in [3.63, 3.8) is 0 Å². The topological polar surface area (TPSA) is 63.8 Å². The van der Waals surface area contributed by atoms with Crippen LogP contribution in [0.5, 0.6) is 0 Å². The van der Waals surface area contributed by atoms with Crippen molar-refractivity contribution in [1.82, 2.24) is 10.2 Å². The van der Waals surface area contributed by atoms with Gasteiger partial charge in [-0.1, -0.05) is 40.6 Å². The van der Waals surface area contributed by atoms with E-state index in [2.05, 4.69) is 20.3 Å². The Morgan fingerprint density at radius 3 is 2.62 bits per heavy atom. The Morgan fingerprint density at radius 2 is 1.95 bits per heavy atom. The van der Waals surface area contributed by atoms with E-state index in [1.807, 2.05) is 30.3 Å². The number of hydrogen-bond acceptors (Lipinski definition) is 6. The summed E-state index contributed by atoms with van der Waals surface area (Å²) in [6.45, 7) is 3.96. The van der Waals surface area contributed by atoms with E-state index in [0.29, 0.717) is 18.5 Å². The van der Waals surface area contributed by atoms with E-state index in [0.717, 1.165) is 37.2 Å². The van der Waals surface area contributed by atoms with Crippen LogP contribution in [-0.2, 0) is 11.4 Å². The fourth-order valence-corrected chi connectivity index (χ4v) is 2.23. The molecule has 6 heteroatoms. The Morgan fingerprint density at radius 1 is 1.19 bits per heavy atom. The van der Waals surface area contributed by atoms with Crippen molar-refractivity contribution < 1.29 is 9.25 Å². The molecular formula is C15H18N4O2. The number of hydrogen-bond donors (Lipinski definition) is 0. The lowest BCUT2D eigenvalue weighted by molar-refractivity contribution is 0.129. The molecule has 0 spiro atoms. The van der Waals surface area contributed by atoms with Gasteiger partial charge in [-0.15, -0.1) is 5.10 Å². The first-order valence-electron chi connectivity index (χ1n) is 7.08. The lowest BCUT2D eigenvalue weighted by Crippen LogP contribution is -2.34. The minimum atomic E-state index is 0.511. The first kappa shape index (κ1) is 13.6. The summed E-state index contributed by atoms with van der Waals surface area (Å²) in [5.74, 6) is 0.593. The van der Waals surface area contributed by atoms with Gasteiger partial charge >= 0.3 is 6.01 Å². The highest BCUT2D eigenvalue weighted by atomic mass is 16.6. The summed E-state index contributed by atoms with van der Waals surface area (Å²) in [5, 5.41) is 12.1. The maximum atomic E-state index is 5.43. The zero-order chi connectivity index (χ0) is 14.5. The number of benzene rings is 1.